The molecule has 0 radical (unpaired) electrons. The minimum absolute atomic E-state index is 0.105. The van der Waals surface area contributed by atoms with E-state index >= 15 is 19.2 Å². The Labute approximate surface area is 583 Å². The average molecular weight is 1310 g/mol. The SMILES string of the molecule is CCCCCCCC(CCCCCCC)N1C(=O)c2ccc3c4ccc5c6ccc7c8ccc9c%10ccc%11c%12ccc%13c%14c(ccc(c%15ccc(c%16ccc(c%17ccc(c%18ccc(c%19ccc(c2c3%19)C1=O)c4c5%18)c6c7%17)c8c9%16)c%10c%11%15)c%14%12)C(=O)N(C(CCCCCCC)CCCCCCC)C%13=O. The molecule has 6 nitrogen and oxygen atoms in total. The second kappa shape index (κ2) is 24.1. The Bertz CT molecular complexity index is 5510. The van der Waals surface area contributed by atoms with Gasteiger partial charge in [-0.25, -0.2) is 0 Å². The molecule has 100 heavy (non-hydrogen) atoms. The lowest BCUT2D eigenvalue weighted by Crippen LogP contribution is -2.47. The zero-order chi connectivity index (χ0) is 67.3. The first-order chi connectivity index (χ1) is 49.2. The minimum atomic E-state index is -0.133. The van der Waals surface area contributed by atoms with Gasteiger partial charge in [0.1, 0.15) is 0 Å². The molecule has 2 aliphatic heterocycles. The average Bonchev–Trinajstić information content (AvgIpc) is 0.680. The molecule has 0 saturated carbocycles. The van der Waals surface area contributed by atoms with Crippen molar-refractivity contribution in [3.05, 3.63) is 168 Å². The summed E-state index contributed by atoms with van der Waals surface area (Å²) in [5.74, 6) is -0.531. The quantitative estimate of drug-likeness (QED) is 0.0234. The third-order valence-electron chi connectivity index (χ3n) is 25.0. The molecular formula is C94H86N2O4. The van der Waals surface area contributed by atoms with Crippen molar-refractivity contribution in [2.75, 3.05) is 0 Å². The predicted octanol–water partition coefficient (Wildman–Crippen LogP) is 26.7. The van der Waals surface area contributed by atoms with Crippen LogP contribution in [0.15, 0.2) is 146 Å². The van der Waals surface area contributed by atoms with Gasteiger partial charge in [0, 0.05) is 45.1 Å². The number of benzene rings is 17. The second-order valence-corrected chi connectivity index (χ2v) is 30.5. The van der Waals surface area contributed by atoms with Crippen LogP contribution >= 0.6 is 0 Å². The zero-order valence-corrected chi connectivity index (χ0v) is 58.5. The third-order valence-corrected chi connectivity index (χ3v) is 25.0. The fraction of sp³-hybridized carbons (Fsp3) is 0.319. The lowest BCUT2D eigenvalue weighted by Gasteiger charge is -2.35. The van der Waals surface area contributed by atoms with Gasteiger partial charge in [0.2, 0.25) is 0 Å². The first-order valence-corrected chi connectivity index (χ1v) is 38.6. The second-order valence-electron chi connectivity index (χ2n) is 30.5. The van der Waals surface area contributed by atoms with Gasteiger partial charge in [-0.1, -0.05) is 277 Å². The number of imide groups is 2. The molecule has 0 spiro atoms. The van der Waals surface area contributed by atoms with E-state index in [9.17, 15) is 0 Å². The molecule has 0 atom stereocenters. The summed E-state index contributed by atoms with van der Waals surface area (Å²) in [6.07, 6.45) is 26.5. The number of hydrogen-bond acceptors (Lipinski definition) is 4. The number of amides is 4. The van der Waals surface area contributed by atoms with E-state index in [0.29, 0.717) is 22.3 Å². The van der Waals surface area contributed by atoms with Crippen molar-refractivity contribution in [3.63, 3.8) is 0 Å². The van der Waals surface area contributed by atoms with Crippen molar-refractivity contribution in [2.45, 2.75) is 194 Å². The number of carbonyl (C=O) groups is 4. The monoisotopic (exact) mass is 1310 g/mol. The highest BCUT2D eigenvalue weighted by Crippen LogP contribution is 2.55. The summed E-state index contributed by atoms with van der Waals surface area (Å²) in [7, 11) is 0. The fourth-order valence-corrected chi connectivity index (χ4v) is 20.3. The van der Waals surface area contributed by atoms with Crippen molar-refractivity contribution < 1.29 is 19.2 Å². The molecule has 0 aliphatic carbocycles. The number of nitrogens with zero attached hydrogens (tertiary/aromatic N) is 2. The van der Waals surface area contributed by atoms with E-state index in [1.54, 1.807) is 9.80 Å². The Hall–Kier alpha value is -9.52. The molecule has 4 amide bonds. The molecule has 0 unspecified atom stereocenters. The highest BCUT2D eigenvalue weighted by molar-refractivity contribution is 6.50. The lowest BCUT2D eigenvalue weighted by molar-refractivity contribution is 0.0501. The van der Waals surface area contributed by atoms with Gasteiger partial charge < -0.3 is 0 Å². The summed E-state index contributed by atoms with van der Waals surface area (Å²) >= 11 is 0. The number of hydrogen-bond donors (Lipinski definition) is 0. The van der Waals surface area contributed by atoms with Crippen molar-refractivity contribution in [1.82, 2.24) is 9.80 Å². The van der Waals surface area contributed by atoms with Crippen molar-refractivity contribution in [3.8, 4) is 0 Å². The highest BCUT2D eigenvalue weighted by atomic mass is 16.2. The number of unbranched alkanes of at least 4 members (excludes halogenated alkanes) is 16. The maximum absolute atomic E-state index is 15.0. The third kappa shape index (κ3) is 8.73. The van der Waals surface area contributed by atoms with Crippen LogP contribution in [0.5, 0.6) is 0 Å². The molecule has 2 aliphatic rings. The van der Waals surface area contributed by atoms with Gasteiger partial charge in [-0.05, 0) is 212 Å². The van der Waals surface area contributed by atoms with Gasteiger partial charge in [-0.15, -0.1) is 0 Å². The Morgan fingerprint density at radius 2 is 0.330 bits per heavy atom. The maximum atomic E-state index is 15.0. The van der Waals surface area contributed by atoms with E-state index in [-0.39, 0.29) is 35.7 Å². The van der Waals surface area contributed by atoms with Crippen LogP contribution in [-0.2, 0) is 0 Å². The van der Waals surface area contributed by atoms with Gasteiger partial charge >= 0.3 is 0 Å². The smallest absolute Gasteiger partial charge is 0.261 e. The van der Waals surface area contributed by atoms with Crippen LogP contribution in [-0.4, -0.2) is 45.5 Å². The molecule has 17 aromatic rings. The van der Waals surface area contributed by atoms with Crippen LogP contribution in [0.2, 0.25) is 0 Å². The fourth-order valence-electron chi connectivity index (χ4n) is 20.3. The van der Waals surface area contributed by atoms with Gasteiger partial charge in [-0.2, -0.15) is 0 Å². The van der Waals surface area contributed by atoms with E-state index < -0.39 is 0 Å². The topological polar surface area (TPSA) is 74.8 Å². The first-order valence-electron chi connectivity index (χ1n) is 38.6. The van der Waals surface area contributed by atoms with Gasteiger partial charge in [0.05, 0.1) is 0 Å². The summed E-state index contributed by atoms with van der Waals surface area (Å²) in [6.45, 7) is 8.98. The molecular weight excluding hydrogens is 1220 g/mol. The van der Waals surface area contributed by atoms with Crippen LogP contribution in [0.4, 0.5) is 0 Å². The number of fused-ring (bicyclic) bond motifs is 10. The first kappa shape index (κ1) is 61.6. The van der Waals surface area contributed by atoms with E-state index in [1.807, 2.05) is 24.3 Å². The summed E-state index contributed by atoms with van der Waals surface area (Å²) in [4.78, 5) is 63.5. The molecule has 0 saturated heterocycles. The van der Waals surface area contributed by atoms with Gasteiger partial charge in [0.15, 0.2) is 0 Å². The van der Waals surface area contributed by atoms with E-state index in [2.05, 4.69) is 149 Å². The van der Waals surface area contributed by atoms with Gasteiger partial charge in [0.25, 0.3) is 23.6 Å². The molecule has 0 bridgehead atoms. The number of rotatable bonds is 26. The number of carbonyl (C=O) groups excluding carboxylic acids is 4. The maximum Gasteiger partial charge on any atom is 0.261 e. The molecule has 6 heteroatoms. The lowest BCUT2D eigenvalue weighted by atomic mass is 9.79. The molecule has 0 aromatic heterocycles. The highest BCUT2D eigenvalue weighted by Gasteiger charge is 2.41. The Balaban J connectivity index is 0.721. The van der Waals surface area contributed by atoms with Crippen molar-refractivity contribution in [2.24, 2.45) is 0 Å². The van der Waals surface area contributed by atoms with Crippen LogP contribution in [0, 0.1) is 0 Å². The molecule has 0 N–H and O–H groups in total. The molecule has 2 heterocycles. The summed E-state index contributed by atoms with van der Waals surface area (Å²) < 4.78 is 0. The Morgan fingerprint density at radius 3 is 0.490 bits per heavy atom. The zero-order valence-electron chi connectivity index (χ0n) is 58.5. The summed E-state index contributed by atoms with van der Waals surface area (Å²) in [6, 6.07) is 54.5. The molecule has 19 rings (SSSR count). The van der Waals surface area contributed by atoms with E-state index in [1.165, 1.54) is 185 Å². The van der Waals surface area contributed by atoms with Crippen molar-refractivity contribution >= 4 is 196 Å². The Kier molecular flexibility index (Phi) is 14.8. The summed E-state index contributed by atoms with van der Waals surface area (Å²) in [5, 5.41) is 37.7. The molecule has 17 aromatic carbocycles. The molecule has 496 valence electrons. The largest absolute Gasteiger partial charge is 0.271 e. The predicted molar refractivity (Wildman–Crippen MR) is 425 cm³/mol. The standard InChI is InChI=1S/C94H86N2O4/c1-5-9-13-17-21-25-53(26-22-18-14-10-6-2)95-91(97)75-49-45-71-67-41-37-63-59-33-29-55-57-31-35-61-65-39-43-69-73-47-51-77-90-78(94(100)96(93(77)99)54(27-23-19-15-11-7-3)28-24-20-16-12-8-4)52-48-74(88(73)90)70-44-40-66(84(65)86(69)70)62-36-32-58(80(57)82(61)62)56-30-34-60(81(59)79(55)56)64-38-42-68(85(67)83(63)64)72-46-50-76(92(95)98)89(75)87(71)72/h29-54H,5-28H2,1-4H3. The Morgan fingerprint density at radius 1 is 0.190 bits per heavy atom. The molecule has 0 fully saturated rings. The van der Waals surface area contributed by atoms with Gasteiger partial charge in [-0.3, -0.25) is 29.0 Å². The minimum Gasteiger partial charge on any atom is -0.271 e. The summed E-state index contributed by atoms with van der Waals surface area (Å²) in [5.41, 5.74) is 2.62. The van der Waals surface area contributed by atoms with Crippen LogP contribution < -0.4 is 0 Å². The normalized spacial score (nSPS) is 14.2. The van der Waals surface area contributed by atoms with Crippen LogP contribution in [0.25, 0.3) is 172 Å². The van der Waals surface area contributed by atoms with E-state index in [4.69, 9.17) is 0 Å². The van der Waals surface area contributed by atoms with E-state index in [0.717, 1.165) is 142 Å². The van der Waals surface area contributed by atoms with Crippen LogP contribution in [0.1, 0.15) is 223 Å². The van der Waals surface area contributed by atoms with Crippen molar-refractivity contribution in [1.29, 1.82) is 0 Å². The van der Waals surface area contributed by atoms with Crippen LogP contribution in [0.3, 0.4) is 0 Å².